The van der Waals surface area contributed by atoms with E-state index in [4.69, 9.17) is 9.47 Å². The van der Waals surface area contributed by atoms with Crippen LogP contribution in [-0.4, -0.2) is 20.3 Å². The molecule has 118 valence electrons. The van der Waals surface area contributed by atoms with E-state index in [9.17, 15) is 0 Å². The molecule has 3 nitrogen and oxygen atoms in total. The number of nitrogens with one attached hydrogen (secondary N) is 1. The molecule has 0 unspecified atom stereocenters. The molecule has 1 aliphatic rings. The van der Waals surface area contributed by atoms with Gasteiger partial charge in [0.1, 0.15) is 0 Å². The van der Waals surface area contributed by atoms with Crippen LogP contribution in [-0.2, 0) is 6.54 Å². The molecule has 1 N–H and O–H groups in total. The maximum atomic E-state index is 5.63. The molecule has 3 heteroatoms. The van der Waals surface area contributed by atoms with Crippen LogP contribution < -0.4 is 14.8 Å². The third-order valence-electron chi connectivity index (χ3n) is 4.47. The van der Waals surface area contributed by atoms with Gasteiger partial charge in [0.05, 0.1) is 13.7 Å². The second-order valence-electron chi connectivity index (χ2n) is 6.39. The molecule has 1 aliphatic carbocycles. The lowest BCUT2D eigenvalue weighted by atomic mass is 9.76. The molecule has 1 aromatic carbocycles. The molecule has 0 amide bonds. The molecule has 0 aliphatic heterocycles. The van der Waals surface area contributed by atoms with Gasteiger partial charge in [0.2, 0.25) is 0 Å². The average molecular weight is 291 g/mol. The summed E-state index contributed by atoms with van der Waals surface area (Å²) in [5.74, 6) is 1.64. The Morgan fingerprint density at radius 3 is 2.57 bits per heavy atom. The van der Waals surface area contributed by atoms with Gasteiger partial charge in [-0.05, 0) is 42.9 Å². The number of methoxy groups -OCH3 is 1. The Hall–Kier alpha value is -1.22. The van der Waals surface area contributed by atoms with Gasteiger partial charge in [-0.2, -0.15) is 0 Å². The van der Waals surface area contributed by atoms with Crippen molar-refractivity contribution in [3.63, 3.8) is 0 Å². The zero-order valence-corrected chi connectivity index (χ0v) is 13.7. The van der Waals surface area contributed by atoms with Crippen LogP contribution in [0.1, 0.15) is 51.5 Å². The van der Waals surface area contributed by atoms with Gasteiger partial charge in [-0.1, -0.05) is 32.3 Å². The van der Waals surface area contributed by atoms with Gasteiger partial charge in [-0.3, -0.25) is 0 Å². The SMILES string of the molecule is CCOc1cc(CNCC2(C)CCCCC2)ccc1OC. The Morgan fingerprint density at radius 2 is 1.90 bits per heavy atom. The average Bonchev–Trinajstić information content (AvgIpc) is 2.48. The van der Waals surface area contributed by atoms with Crippen molar-refractivity contribution in [3.05, 3.63) is 23.8 Å². The fraction of sp³-hybridized carbons (Fsp3) is 0.667. The molecule has 21 heavy (non-hydrogen) atoms. The van der Waals surface area contributed by atoms with Crippen molar-refractivity contribution in [1.29, 1.82) is 0 Å². The van der Waals surface area contributed by atoms with Crippen molar-refractivity contribution in [1.82, 2.24) is 5.32 Å². The fourth-order valence-electron chi connectivity index (χ4n) is 3.19. The van der Waals surface area contributed by atoms with Gasteiger partial charge >= 0.3 is 0 Å². The van der Waals surface area contributed by atoms with E-state index >= 15 is 0 Å². The summed E-state index contributed by atoms with van der Waals surface area (Å²) in [6.07, 6.45) is 6.88. The van der Waals surface area contributed by atoms with Crippen LogP contribution >= 0.6 is 0 Å². The first-order valence-corrected chi connectivity index (χ1v) is 8.17. The molecule has 0 radical (unpaired) electrons. The molecular weight excluding hydrogens is 262 g/mol. The topological polar surface area (TPSA) is 30.5 Å². The first-order valence-electron chi connectivity index (χ1n) is 8.17. The highest BCUT2D eigenvalue weighted by atomic mass is 16.5. The number of ether oxygens (including phenoxy) is 2. The van der Waals surface area contributed by atoms with Gasteiger partial charge in [0.25, 0.3) is 0 Å². The first kappa shape index (κ1) is 16.2. The molecule has 0 bridgehead atoms. The predicted octanol–water partition coefficient (Wildman–Crippen LogP) is 4.15. The summed E-state index contributed by atoms with van der Waals surface area (Å²) in [7, 11) is 1.68. The standard InChI is InChI=1S/C18H29NO2/c1-4-21-17-12-15(8-9-16(17)20-3)13-19-14-18(2)10-6-5-7-11-18/h8-9,12,19H,4-7,10-11,13-14H2,1-3H3. The minimum atomic E-state index is 0.480. The summed E-state index contributed by atoms with van der Waals surface area (Å²) in [5, 5.41) is 3.62. The lowest BCUT2D eigenvalue weighted by Gasteiger charge is -2.33. The van der Waals surface area contributed by atoms with E-state index in [-0.39, 0.29) is 0 Å². The fourth-order valence-corrected chi connectivity index (χ4v) is 3.19. The van der Waals surface area contributed by atoms with Gasteiger partial charge in [0, 0.05) is 13.1 Å². The van der Waals surface area contributed by atoms with E-state index in [1.807, 2.05) is 13.0 Å². The lowest BCUT2D eigenvalue weighted by molar-refractivity contribution is 0.207. The van der Waals surface area contributed by atoms with E-state index in [1.54, 1.807) is 7.11 Å². The molecule has 1 aromatic rings. The second kappa shape index (κ2) is 7.69. The van der Waals surface area contributed by atoms with Gasteiger partial charge in [-0.25, -0.2) is 0 Å². The van der Waals surface area contributed by atoms with Crippen LogP contribution in [0.4, 0.5) is 0 Å². The monoisotopic (exact) mass is 291 g/mol. The Kier molecular flexibility index (Phi) is 5.92. The summed E-state index contributed by atoms with van der Waals surface area (Å²) < 4.78 is 11.0. The van der Waals surface area contributed by atoms with Crippen LogP contribution in [0.25, 0.3) is 0 Å². The van der Waals surface area contributed by atoms with E-state index < -0.39 is 0 Å². The highest BCUT2D eigenvalue weighted by molar-refractivity contribution is 5.42. The summed E-state index contributed by atoms with van der Waals surface area (Å²) in [6, 6.07) is 6.18. The van der Waals surface area contributed by atoms with Gasteiger partial charge < -0.3 is 14.8 Å². The van der Waals surface area contributed by atoms with Crippen LogP contribution in [0.5, 0.6) is 11.5 Å². The third kappa shape index (κ3) is 4.63. The van der Waals surface area contributed by atoms with E-state index in [1.165, 1.54) is 37.7 Å². The number of benzene rings is 1. The molecule has 0 saturated heterocycles. The highest BCUT2D eigenvalue weighted by Crippen LogP contribution is 2.35. The van der Waals surface area contributed by atoms with Crippen LogP contribution in [0, 0.1) is 5.41 Å². The Morgan fingerprint density at radius 1 is 1.14 bits per heavy atom. The minimum Gasteiger partial charge on any atom is -0.493 e. The number of hydrogen-bond acceptors (Lipinski definition) is 3. The summed E-state index contributed by atoms with van der Waals surface area (Å²) in [6.45, 7) is 7.06. The molecule has 2 rings (SSSR count). The Bertz CT molecular complexity index is 439. The van der Waals surface area contributed by atoms with Crippen LogP contribution in [0.2, 0.25) is 0 Å². The molecule has 0 aromatic heterocycles. The summed E-state index contributed by atoms with van der Waals surface area (Å²) in [5.41, 5.74) is 1.73. The predicted molar refractivity (Wildman–Crippen MR) is 87.1 cm³/mol. The van der Waals surface area contributed by atoms with Crippen molar-refractivity contribution < 1.29 is 9.47 Å². The van der Waals surface area contributed by atoms with E-state index in [0.29, 0.717) is 12.0 Å². The normalized spacial score (nSPS) is 17.5. The van der Waals surface area contributed by atoms with Crippen molar-refractivity contribution >= 4 is 0 Å². The van der Waals surface area contributed by atoms with Crippen LogP contribution in [0.3, 0.4) is 0 Å². The highest BCUT2D eigenvalue weighted by Gasteiger charge is 2.25. The quantitative estimate of drug-likeness (QED) is 0.818. The maximum absolute atomic E-state index is 5.63. The first-order chi connectivity index (χ1) is 10.2. The zero-order chi connectivity index (χ0) is 15.1. The third-order valence-corrected chi connectivity index (χ3v) is 4.47. The Labute approximate surface area is 129 Å². The van der Waals surface area contributed by atoms with E-state index in [0.717, 1.165) is 24.6 Å². The largest absolute Gasteiger partial charge is 0.493 e. The van der Waals surface area contributed by atoms with Crippen LogP contribution in [0.15, 0.2) is 18.2 Å². The minimum absolute atomic E-state index is 0.480. The Balaban J connectivity index is 1.89. The number of rotatable bonds is 7. The smallest absolute Gasteiger partial charge is 0.161 e. The number of hydrogen-bond donors (Lipinski definition) is 1. The molecule has 0 heterocycles. The van der Waals surface area contributed by atoms with Crippen molar-refractivity contribution in [3.8, 4) is 11.5 Å². The van der Waals surface area contributed by atoms with Gasteiger partial charge in [-0.15, -0.1) is 0 Å². The maximum Gasteiger partial charge on any atom is 0.161 e. The summed E-state index contributed by atoms with van der Waals surface area (Å²) >= 11 is 0. The van der Waals surface area contributed by atoms with Gasteiger partial charge in [0.15, 0.2) is 11.5 Å². The second-order valence-corrected chi connectivity index (χ2v) is 6.39. The molecule has 1 fully saturated rings. The molecular formula is C18H29NO2. The van der Waals surface area contributed by atoms with Crippen molar-refractivity contribution in [2.75, 3.05) is 20.3 Å². The molecule has 0 spiro atoms. The lowest BCUT2D eigenvalue weighted by Crippen LogP contribution is -2.33. The van der Waals surface area contributed by atoms with E-state index in [2.05, 4.69) is 24.4 Å². The van der Waals surface area contributed by atoms with Crippen molar-refractivity contribution in [2.45, 2.75) is 52.5 Å². The molecule has 0 atom stereocenters. The van der Waals surface area contributed by atoms with Crippen molar-refractivity contribution in [2.24, 2.45) is 5.41 Å². The zero-order valence-electron chi connectivity index (χ0n) is 13.7. The molecule has 1 saturated carbocycles. The summed E-state index contributed by atoms with van der Waals surface area (Å²) in [4.78, 5) is 0.